The maximum atomic E-state index is 13.0. The number of rotatable bonds is 3. The summed E-state index contributed by atoms with van der Waals surface area (Å²) in [6.07, 6.45) is -0.347. The highest BCUT2D eigenvalue weighted by Gasteiger charge is 2.25. The molecule has 0 aromatic heterocycles. The lowest BCUT2D eigenvalue weighted by atomic mass is 10.0. The van der Waals surface area contributed by atoms with Gasteiger partial charge in [-0.25, -0.2) is 4.39 Å². The summed E-state index contributed by atoms with van der Waals surface area (Å²) in [5, 5.41) is 4.06. The molecule has 1 aromatic carbocycles. The minimum atomic E-state index is -0.918. The molecule has 1 aromatic rings. The zero-order valence-electron chi connectivity index (χ0n) is 9.83. The Kier molecular flexibility index (Phi) is 4.37. The molecule has 2 unspecified atom stereocenters. The van der Waals surface area contributed by atoms with E-state index in [0.717, 1.165) is 11.4 Å². The summed E-state index contributed by atoms with van der Waals surface area (Å²) in [5.74, 6) is 0. The number of ether oxygens (including phenoxy) is 1. The largest absolute Gasteiger partial charge is 0.372 e. The highest BCUT2D eigenvalue weighted by atomic mass is 35.5. The van der Waals surface area contributed by atoms with Crippen LogP contribution in [0.2, 0.25) is 5.02 Å². The Morgan fingerprint density at radius 1 is 1.47 bits per heavy atom. The first-order valence-electron chi connectivity index (χ1n) is 5.88. The van der Waals surface area contributed by atoms with Gasteiger partial charge in [0.15, 0.2) is 0 Å². The maximum Gasteiger partial charge on any atom is 0.125 e. The van der Waals surface area contributed by atoms with E-state index < -0.39 is 6.17 Å². The van der Waals surface area contributed by atoms with Crippen molar-refractivity contribution in [2.45, 2.75) is 31.7 Å². The maximum absolute atomic E-state index is 13.0. The molecule has 1 aliphatic heterocycles. The fraction of sp³-hybridized carbons (Fsp3) is 0.538. The molecule has 2 nitrogen and oxygen atoms in total. The van der Waals surface area contributed by atoms with Gasteiger partial charge in [-0.3, -0.25) is 0 Å². The second-order valence-electron chi connectivity index (χ2n) is 4.49. The van der Waals surface area contributed by atoms with E-state index in [9.17, 15) is 4.39 Å². The first-order valence-corrected chi connectivity index (χ1v) is 6.26. The molecule has 0 bridgehead atoms. The predicted molar refractivity (Wildman–Crippen MR) is 67.3 cm³/mol. The van der Waals surface area contributed by atoms with Crippen molar-refractivity contribution in [3.63, 3.8) is 0 Å². The molecule has 94 valence electrons. The van der Waals surface area contributed by atoms with Crippen LogP contribution in [0.15, 0.2) is 24.3 Å². The summed E-state index contributed by atoms with van der Waals surface area (Å²) in [7, 11) is 0. The summed E-state index contributed by atoms with van der Waals surface area (Å²) in [6.45, 7) is 2.67. The molecule has 0 saturated carbocycles. The minimum absolute atomic E-state index is 0.256. The van der Waals surface area contributed by atoms with Crippen LogP contribution in [0.5, 0.6) is 0 Å². The summed E-state index contributed by atoms with van der Waals surface area (Å²) < 4.78 is 18.5. The monoisotopic (exact) mass is 257 g/mol. The van der Waals surface area contributed by atoms with E-state index >= 15 is 0 Å². The van der Waals surface area contributed by atoms with Crippen molar-refractivity contribution in [3.8, 4) is 0 Å². The van der Waals surface area contributed by atoms with Gasteiger partial charge in [0.1, 0.15) is 12.3 Å². The SMILES string of the molecule is CC(F)C1CN[C@@H](Cc2ccc(Cl)cc2)CO1. The van der Waals surface area contributed by atoms with Crippen molar-refractivity contribution in [1.82, 2.24) is 5.32 Å². The second kappa shape index (κ2) is 5.80. The van der Waals surface area contributed by atoms with Crippen LogP contribution < -0.4 is 5.32 Å². The molecule has 0 radical (unpaired) electrons. The number of alkyl halides is 1. The van der Waals surface area contributed by atoms with Gasteiger partial charge in [0, 0.05) is 17.6 Å². The van der Waals surface area contributed by atoms with E-state index in [2.05, 4.69) is 5.32 Å². The molecule has 1 fully saturated rings. The third-order valence-electron chi connectivity index (χ3n) is 3.03. The molecular formula is C13H17ClFNO. The van der Waals surface area contributed by atoms with Gasteiger partial charge in [-0.15, -0.1) is 0 Å². The van der Waals surface area contributed by atoms with Crippen molar-refractivity contribution >= 4 is 11.6 Å². The Morgan fingerprint density at radius 2 is 2.18 bits per heavy atom. The summed E-state index contributed by atoms with van der Waals surface area (Å²) in [5.41, 5.74) is 1.21. The Bertz CT molecular complexity index is 347. The topological polar surface area (TPSA) is 21.3 Å². The second-order valence-corrected chi connectivity index (χ2v) is 4.92. The number of halogens is 2. The quantitative estimate of drug-likeness (QED) is 0.899. The van der Waals surface area contributed by atoms with Crippen molar-refractivity contribution in [2.24, 2.45) is 0 Å². The molecule has 17 heavy (non-hydrogen) atoms. The number of benzene rings is 1. The van der Waals surface area contributed by atoms with E-state index in [4.69, 9.17) is 16.3 Å². The summed E-state index contributed by atoms with van der Waals surface area (Å²) in [6, 6.07) is 8.04. The third-order valence-corrected chi connectivity index (χ3v) is 3.28. The molecule has 2 rings (SSSR count). The van der Waals surface area contributed by atoms with E-state index in [1.165, 1.54) is 12.5 Å². The molecule has 0 spiro atoms. The predicted octanol–water partition coefficient (Wildman–Crippen LogP) is 2.60. The molecule has 1 aliphatic rings. The fourth-order valence-corrected chi connectivity index (χ4v) is 2.10. The van der Waals surface area contributed by atoms with Crippen LogP contribution in [0, 0.1) is 0 Å². The van der Waals surface area contributed by atoms with E-state index in [0.29, 0.717) is 13.2 Å². The van der Waals surface area contributed by atoms with Crippen molar-refractivity contribution in [2.75, 3.05) is 13.2 Å². The van der Waals surface area contributed by atoms with Crippen LogP contribution in [0.3, 0.4) is 0 Å². The zero-order valence-corrected chi connectivity index (χ0v) is 10.6. The molecule has 0 aliphatic carbocycles. The van der Waals surface area contributed by atoms with Crippen LogP contribution >= 0.6 is 11.6 Å². The van der Waals surface area contributed by atoms with E-state index in [1.807, 2.05) is 24.3 Å². The van der Waals surface area contributed by atoms with Crippen LogP contribution in [0.4, 0.5) is 4.39 Å². The van der Waals surface area contributed by atoms with Crippen molar-refractivity contribution in [3.05, 3.63) is 34.9 Å². The van der Waals surface area contributed by atoms with E-state index in [-0.39, 0.29) is 12.1 Å². The Hall–Kier alpha value is -0.640. The number of morpholine rings is 1. The average Bonchev–Trinajstić information content (AvgIpc) is 2.33. The van der Waals surface area contributed by atoms with E-state index in [1.54, 1.807) is 0 Å². The van der Waals surface area contributed by atoms with Crippen LogP contribution in [-0.2, 0) is 11.2 Å². The first-order chi connectivity index (χ1) is 8.15. The molecular weight excluding hydrogens is 241 g/mol. The molecule has 4 heteroatoms. The van der Waals surface area contributed by atoms with Crippen molar-refractivity contribution < 1.29 is 9.13 Å². The van der Waals surface area contributed by atoms with Crippen LogP contribution in [0.1, 0.15) is 12.5 Å². The normalized spacial score (nSPS) is 26.8. The molecule has 1 N–H and O–H groups in total. The smallest absolute Gasteiger partial charge is 0.125 e. The number of hydrogen-bond donors (Lipinski definition) is 1. The Labute approximate surface area is 106 Å². The van der Waals surface area contributed by atoms with Crippen LogP contribution in [-0.4, -0.2) is 31.5 Å². The van der Waals surface area contributed by atoms with Gasteiger partial charge in [0.25, 0.3) is 0 Å². The van der Waals surface area contributed by atoms with Gasteiger partial charge in [0.2, 0.25) is 0 Å². The zero-order chi connectivity index (χ0) is 12.3. The highest BCUT2D eigenvalue weighted by molar-refractivity contribution is 6.30. The molecule has 1 heterocycles. The lowest BCUT2D eigenvalue weighted by molar-refractivity contribution is -0.0340. The standard InChI is InChI=1S/C13H17ClFNO/c1-9(15)13-7-16-12(8-17-13)6-10-2-4-11(14)5-3-10/h2-5,9,12-13,16H,6-8H2,1H3/t9?,12-,13?/m0/s1. The highest BCUT2D eigenvalue weighted by Crippen LogP contribution is 2.14. The summed E-state index contributed by atoms with van der Waals surface area (Å²) in [4.78, 5) is 0. The van der Waals surface area contributed by atoms with Gasteiger partial charge in [-0.1, -0.05) is 23.7 Å². The van der Waals surface area contributed by atoms with Crippen molar-refractivity contribution in [1.29, 1.82) is 0 Å². The minimum Gasteiger partial charge on any atom is -0.372 e. The third kappa shape index (κ3) is 3.66. The fourth-order valence-electron chi connectivity index (χ4n) is 1.97. The number of nitrogens with one attached hydrogen (secondary N) is 1. The molecule has 0 amide bonds. The number of hydrogen-bond acceptors (Lipinski definition) is 2. The van der Waals surface area contributed by atoms with Crippen LogP contribution in [0.25, 0.3) is 0 Å². The van der Waals surface area contributed by atoms with Gasteiger partial charge in [0.05, 0.1) is 6.61 Å². The Balaban J connectivity index is 1.84. The molecule has 3 atom stereocenters. The first kappa shape index (κ1) is 12.8. The van der Waals surface area contributed by atoms with Gasteiger partial charge in [-0.05, 0) is 31.0 Å². The lowest BCUT2D eigenvalue weighted by Gasteiger charge is -2.31. The Morgan fingerprint density at radius 3 is 2.71 bits per heavy atom. The van der Waals surface area contributed by atoms with Gasteiger partial charge in [-0.2, -0.15) is 0 Å². The summed E-state index contributed by atoms with van der Waals surface area (Å²) >= 11 is 5.83. The lowest BCUT2D eigenvalue weighted by Crippen LogP contribution is -2.50. The average molecular weight is 258 g/mol. The van der Waals surface area contributed by atoms with Gasteiger partial charge < -0.3 is 10.1 Å². The molecule has 1 saturated heterocycles. The van der Waals surface area contributed by atoms with Gasteiger partial charge >= 0.3 is 0 Å².